The van der Waals surface area contributed by atoms with Crippen molar-refractivity contribution in [3.8, 4) is 0 Å². The van der Waals surface area contributed by atoms with E-state index < -0.39 is 0 Å². The molecular formula is C11H17ClN2S. The Morgan fingerprint density at radius 3 is 3.00 bits per heavy atom. The zero-order valence-electron chi connectivity index (χ0n) is 9.24. The second kappa shape index (κ2) is 4.71. The summed E-state index contributed by atoms with van der Waals surface area (Å²) in [6.45, 7) is 5.76. The molecule has 0 N–H and O–H groups in total. The standard InChI is InChI=1S/C11H17ClN2S/c1-8-3-4-14(9(2)5-8)11-13-10(6-12)7-15-11/h7-9H,3-6H2,1-2H3. The van der Waals surface area contributed by atoms with Crippen molar-refractivity contribution in [1.82, 2.24) is 4.98 Å². The van der Waals surface area contributed by atoms with Crippen LogP contribution in [0, 0.1) is 5.92 Å². The molecule has 1 fully saturated rings. The van der Waals surface area contributed by atoms with E-state index in [-0.39, 0.29) is 0 Å². The topological polar surface area (TPSA) is 16.1 Å². The Bertz CT molecular complexity index is 326. The number of thiazole rings is 1. The lowest BCUT2D eigenvalue weighted by atomic mass is 9.94. The van der Waals surface area contributed by atoms with Crippen molar-refractivity contribution >= 4 is 28.1 Å². The molecule has 1 aliphatic rings. The summed E-state index contributed by atoms with van der Waals surface area (Å²) in [5, 5.41) is 3.21. The third-order valence-electron chi connectivity index (χ3n) is 3.06. The van der Waals surface area contributed by atoms with Crippen molar-refractivity contribution in [3.63, 3.8) is 0 Å². The molecule has 15 heavy (non-hydrogen) atoms. The quantitative estimate of drug-likeness (QED) is 0.741. The normalized spacial score (nSPS) is 27.0. The lowest BCUT2D eigenvalue weighted by Gasteiger charge is -2.36. The first-order valence-corrected chi connectivity index (χ1v) is 6.89. The van der Waals surface area contributed by atoms with Gasteiger partial charge in [0.15, 0.2) is 5.13 Å². The van der Waals surface area contributed by atoms with Gasteiger partial charge in [0.05, 0.1) is 11.6 Å². The van der Waals surface area contributed by atoms with Gasteiger partial charge in [0.2, 0.25) is 0 Å². The van der Waals surface area contributed by atoms with E-state index in [4.69, 9.17) is 11.6 Å². The second-order valence-corrected chi connectivity index (χ2v) is 5.53. The van der Waals surface area contributed by atoms with Crippen LogP contribution in [-0.2, 0) is 5.88 Å². The van der Waals surface area contributed by atoms with Crippen LogP contribution in [0.4, 0.5) is 5.13 Å². The minimum atomic E-state index is 0.523. The average Bonchev–Trinajstić information content (AvgIpc) is 2.66. The molecule has 1 aromatic rings. The molecule has 0 amide bonds. The molecular weight excluding hydrogens is 228 g/mol. The molecule has 1 aliphatic heterocycles. The van der Waals surface area contributed by atoms with E-state index in [9.17, 15) is 0 Å². The zero-order valence-corrected chi connectivity index (χ0v) is 10.8. The molecule has 0 aromatic carbocycles. The van der Waals surface area contributed by atoms with Crippen molar-refractivity contribution in [2.75, 3.05) is 11.4 Å². The molecule has 2 heterocycles. The number of rotatable bonds is 2. The highest BCUT2D eigenvalue weighted by Gasteiger charge is 2.24. The average molecular weight is 245 g/mol. The lowest BCUT2D eigenvalue weighted by Crippen LogP contribution is -2.40. The summed E-state index contributed by atoms with van der Waals surface area (Å²) >= 11 is 7.48. The molecule has 0 saturated carbocycles. The van der Waals surface area contributed by atoms with Crippen LogP contribution in [0.25, 0.3) is 0 Å². The van der Waals surface area contributed by atoms with Crippen molar-refractivity contribution in [1.29, 1.82) is 0 Å². The number of nitrogens with zero attached hydrogens (tertiary/aromatic N) is 2. The Kier molecular flexibility index (Phi) is 3.52. The molecule has 2 nitrogen and oxygen atoms in total. The molecule has 0 spiro atoms. The van der Waals surface area contributed by atoms with E-state index in [1.54, 1.807) is 11.3 Å². The van der Waals surface area contributed by atoms with Gasteiger partial charge >= 0.3 is 0 Å². The first-order valence-electron chi connectivity index (χ1n) is 5.47. The Labute approximate surface area is 100 Å². The molecule has 1 aromatic heterocycles. The molecule has 2 rings (SSSR count). The molecule has 84 valence electrons. The Morgan fingerprint density at radius 1 is 1.60 bits per heavy atom. The monoisotopic (exact) mass is 244 g/mol. The van der Waals surface area contributed by atoms with E-state index in [2.05, 4.69) is 29.1 Å². The number of hydrogen-bond donors (Lipinski definition) is 0. The van der Waals surface area contributed by atoms with Gasteiger partial charge in [-0.05, 0) is 25.7 Å². The van der Waals surface area contributed by atoms with Crippen LogP contribution >= 0.6 is 22.9 Å². The largest absolute Gasteiger partial charge is 0.345 e. The lowest BCUT2D eigenvalue weighted by molar-refractivity contribution is 0.377. The van der Waals surface area contributed by atoms with Gasteiger partial charge in [-0.3, -0.25) is 0 Å². The van der Waals surface area contributed by atoms with E-state index in [1.165, 1.54) is 12.8 Å². The number of alkyl halides is 1. The first kappa shape index (κ1) is 11.2. The SMILES string of the molecule is CC1CCN(c2nc(CCl)cs2)C(C)C1. The van der Waals surface area contributed by atoms with Gasteiger partial charge in [-0.1, -0.05) is 6.92 Å². The molecule has 1 saturated heterocycles. The second-order valence-electron chi connectivity index (χ2n) is 4.43. The minimum absolute atomic E-state index is 0.523. The Balaban J connectivity index is 2.09. The van der Waals surface area contributed by atoms with Gasteiger partial charge in [-0.15, -0.1) is 22.9 Å². The number of aromatic nitrogens is 1. The van der Waals surface area contributed by atoms with Crippen LogP contribution < -0.4 is 4.90 Å². The zero-order chi connectivity index (χ0) is 10.8. The first-order chi connectivity index (χ1) is 7.20. The van der Waals surface area contributed by atoms with Gasteiger partial charge in [0.1, 0.15) is 0 Å². The maximum Gasteiger partial charge on any atom is 0.185 e. The molecule has 0 bridgehead atoms. The summed E-state index contributed by atoms with van der Waals surface area (Å²) in [5.41, 5.74) is 1.00. The Hall–Kier alpha value is -0.280. The van der Waals surface area contributed by atoms with Gasteiger partial charge in [-0.2, -0.15) is 0 Å². The van der Waals surface area contributed by atoms with Crippen molar-refractivity contribution < 1.29 is 0 Å². The highest BCUT2D eigenvalue weighted by Crippen LogP contribution is 2.30. The smallest absolute Gasteiger partial charge is 0.185 e. The van der Waals surface area contributed by atoms with E-state index in [1.807, 2.05) is 0 Å². The van der Waals surface area contributed by atoms with Crippen LogP contribution in [0.15, 0.2) is 5.38 Å². The number of piperidine rings is 1. The van der Waals surface area contributed by atoms with E-state index in [0.717, 1.165) is 23.3 Å². The van der Waals surface area contributed by atoms with Crippen LogP contribution in [0.3, 0.4) is 0 Å². The van der Waals surface area contributed by atoms with E-state index >= 15 is 0 Å². The van der Waals surface area contributed by atoms with Crippen molar-refractivity contribution in [2.45, 2.75) is 38.6 Å². The highest BCUT2D eigenvalue weighted by molar-refractivity contribution is 7.13. The maximum atomic E-state index is 5.76. The summed E-state index contributed by atoms with van der Waals surface area (Å²) in [6.07, 6.45) is 2.55. The van der Waals surface area contributed by atoms with Crippen molar-refractivity contribution in [3.05, 3.63) is 11.1 Å². The summed E-state index contributed by atoms with van der Waals surface area (Å²) in [7, 11) is 0. The Morgan fingerprint density at radius 2 is 2.40 bits per heavy atom. The van der Waals surface area contributed by atoms with Crippen LogP contribution in [0.5, 0.6) is 0 Å². The number of anilines is 1. The molecule has 2 unspecified atom stereocenters. The minimum Gasteiger partial charge on any atom is -0.345 e. The van der Waals surface area contributed by atoms with Crippen LogP contribution in [0.1, 0.15) is 32.4 Å². The summed E-state index contributed by atoms with van der Waals surface area (Å²) < 4.78 is 0. The predicted molar refractivity (Wildman–Crippen MR) is 66.9 cm³/mol. The highest BCUT2D eigenvalue weighted by atomic mass is 35.5. The summed E-state index contributed by atoms with van der Waals surface area (Å²) in [5.74, 6) is 1.37. The van der Waals surface area contributed by atoms with Crippen molar-refractivity contribution in [2.24, 2.45) is 5.92 Å². The van der Waals surface area contributed by atoms with E-state index in [0.29, 0.717) is 11.9 Å². The van der Waals surface area contributed by atoms with Crippen LogP contribution in [-0.4, -0.2) is 17.6 Å². The fourth-order valence-corrected chi connectivity index (χ4v) is 3.36. The van der Waals surface area contributed by atoms with Crippen LogP contribution in [0.2, 0.25) is 0 Å². The molecule has 0 radical (unpaired) electrons. The number of halogens is 1. The van der Waals surface area contributed by atoms with Gasteiger partial charge in [0.25, 0.3) is 0 Å². The van der Waals surface area contributed by atoms with Gasteiger partial charge in [-0.25, -0.2) is 4.98 Å². The third kappa shape index (κ3) is 2.45. The molecule has 2 atom stereocenters. The fourth-order valence-electron chi connectivity index (χ4n) is 2.18. The van der Waals surface area contributed by atoms with Gasteiger partial charge in [0, 0.05) is 18.0 Å². The maximum absolute atomic E-state index is 5.76. The summed E-state index contributed by atoms with van der Waals surface area (Å²) in [6, 6.07) is 0.614. The fraction of sp³-hybridized carbons (Fsp3) is 0.727. The molecule has 0 aliphatic carbocycles. The third-order valence-corrected chi connectivity index (χ3v) is 4.26. The summed E-state index contributed by atoms with van der Waals surface area (Å²) in [4.78, 5) is 6.96. The van der Waals surface area contributed by atoms with Gasteiger partial charge < -0.3 is 4.90 Å². The number of hydrogen-bond acceptors (Lipinski definition) is 3. The molecule has 4 heteroatoms. The predicted octanol–water partition coefficient (Wildman–Crippen LogP) is 3.51.